The van der Waals surface area contributed by atoms with E-state index in [2.05, 4.69) is 10.1 Å². The fraction of sp³-hybridized carbons (Fsp3) is 0.375. The topological polar surface area (TPSA) is 72.5 Å². The molecule has 0 aliphatic carbocycles. The molecule has 0 atom stereocenters. The summed E-state index contributed by atoms with van der Waals surface area (Å²) in [6.45, 7) is 7.14. The van der Waals surface area contributed by atoms with Crippen LogP contribution in [0.15, 0.2) is 22.6 Å². The second kappa shape index (κ2) is 6.20. The molecular weight excluding hydrogens is 326 g/mol. The minimum absolute atomic E-state index is 0.0755. The van der Waals surface area contributed by atoms with Crippen molar-refractivity contribution in [1.29, 1.82) is 0 Å². The van der Waals surface area contributed by atoms with Crippen LogP contribution in [0, 0.1) is 13.8 Å². The summed E-state index contributed by atoms with van der Waals surface area (Å²) in [6.07, 6.45) is 2.99. The molecule has 3 heterocycles. The van der Waals surface area contributed by atoms with E-state index in [0.717, 1.165) is 23.5 Å². The minimum atomic E-state index is -0.337. The highest BCUT2D eigenvalue weighted by Gasteiger charge is 2.20. The Morgan fingerprint density at radius 1 is 1.38 bits per heavy atom. The fourth-order valence-electron chi connectivity index (χ4n) is 2.76. The Labute approximate surface area is 143 Å². The lowest BCUT2D eigenvalue weighted by Crippen LogP contribution is -2.32. The zero-order chi connectivity index (χ0) is 17.4. The van der Waals surface area contributed by atoms with Gasteiger partial charge >= 0.3 is 0 Å². The molecule has 0 saturated heterocycles. The van der Waals surface area contributed by atoms with E-state index >= 15 is 0 Å². The van der Waals surface area contributed by atoms with Crippen molar-refractivity contribution < 1.29 is 4.79 Å². The Balaban J connectivity index is 1.90. The molecule has 0 bridgehead atoms. The second-order valence-corrected chi connectivity index (χ2v) is 6.53. The average molecular weight is 345 g/mol. The molecule has 0 aromatic carbocycles. The van der Waals surface area contributed by atoms with Gasteiger partial charge in [-0.25, -0.2) is 4.98 Å². The average Bonchev–Trinajstić information content (AvgIpc) is 3.14. The third-order valence-electron chi connectivity index (χ3n) is 4.15. The molecule has 1 amide bonds. The molecule has 126 valence electrons. The molecule has 0 unspecified atom stereocenters. The van der Waals surface area contributed by atoms with E-state index in [4.69, 9.17) is 0 Å². The zero-order valence-electron chi connectivity index (χ0n) is 14.1. The Kier molecular flexibility index (Phi) is 4.23. The molecular formula is C16H19N5O2S. The maximum Gasteiger partial charge on any atom is 0.271 e. The first-order valence-electron chi connectivity index (χ1n) is 7.67. The number of hydrogen-bond donors (Lipinski definition) is 0. The summed E-state index contributed by atoms with van der Waals surface area (Å²) in [5.41, 5.74) is 2.69. The number of aromatic nitrogens is 4. The molecule has 24 heavy (non-hydrogen) atoms. The first kappa shape index (κ1) is 16.4. The summed E-state index contributed by atoms with van der Waals surface area (Å²) in [5.74, 6) is -0.337. The lowest BCUT2D eigenvalue weighted by Gasteiger charge is -2.17. The normalized spacial score (nSPS) is 11.2. The molecule has 3 aromatic heterocycles. The number of nitrogens with zero attached hydrogens (tertiary/aromatic N) is 5. The van der Waals surface area contributed by atoms with Crippen molar-refractivity contribution in [2.45, 2.75) is 33.9 Å². The largest absolute Gasteiger partial charge is 0.337 e. The fourth-order valence-corrected chi connectivity index (χ4v) is 3.43. The quantitative estimate of drug-likeness (QED) is 0.723. The summed E-state index contributed by atoms with van der Waals surface area (Å²) in [6, 6.07) is 0. The van der Waals surface area contributed by atoms with E-state index < -0.39 is 0 Å². The van der Waals surface area contributed by atoms with Crippen LogP contribution in [0.1, 0.15) is 34.2 Å². The molecule has 0 spiro atoms. The van der Waals surface area contributed by atoms with Crippen molar-refractivity contribution in [3.8, 4) is 0 Å². The highest BCUT2D eigenvalue weighted by Crippen LogP contribution is 2.16. The molecule has 3 rings (SSSR count). The Hall–Kier alpha value is -2.48. The maximum atomic E-state index is 12.7. The lowest BCUT2D eigenvalue weighted by molar-refractivity contribution is 0.0782. The number of carbonyl (C=O) groups is 1. The number of carbonyl (C=O) groups excluding carboxylic acids is 1. The van der Waals surface area contributed by atoms with Crippen LogP contribution in [0.4, 0.5) is 0 Å². The van der Waals surface area contributed by atoms with Crippen molar-refractivity contribution >= 4 is 22.2 Å². The van der Waals surface area contributed by atoms with Crippen molar-refractivity contribution in [3.05, 3.63) is 50.6 Å². The summed E-state index contributed by atoms with van der Waals surface area (Å²) < 4.78 is 3.31. The number of rotatable bonds is 4. The molecule has 0 N–H and O–H groups in total. The van der Waals surface area contributed by atoms with E-state index in [9.17, 15) is 9.59 Å². The van der Waals surface area contributed by atoms with Crippen LogP contribution in [0.25, 0.3) is 4.96 Å². The molecule has 0 radical (unpaired) electrons. The second-order valence-electron chi connectivity index (χ2n) is 5.66. The van der Waals surface area contributed by atoms with Gasteiger partial charge in [-0.15, -0.1) is 11.3 Å². The van der Waals surface area contributed by atoms with Gasteiger partial charge < -0.3 is 4.90 Å². The first-order chi connectivity index (χ1) is 11.4. The van der Waals surface area contributed by atoms with E-state index in [1.807, 2.05) is 25.5 Å². The van der Waals surface area contributed by atoms with E-state index in [1.165, 1.54) is 26.8 Å². The van der Waals surface area contributed by atoms with Gasteiger partial charge in [0.2, 0.25) is 0 Å². The van der Waals surface area contributed by atoms with Crippen LogP contribution in [0.5, 0.6) is 0 Å². The number of fused-ring (bicyclic) bond motifs is 1. The maximum absolute atomic E-state index is 12.7. The first-order valence-corrected chi connectivity index (χ1v) is 8.55. The highest BCUT2D eigenvalue weighted by molar-refractivity contribution is 7.15. The number of aryl methyl sites for hydroxylation is 2. The predicted molar refractivity (Wildman–Crippen MR) is 92.5 cm³/mol. The van der Waals surface area contributed by atoms with Gasteiger partial charge in [-0.3, -0.25) is 18.7 Å². The Bertz CT molecular complexity index is 969. The molecule has 3 aromatic rings. The molecule has 7 nitrogen and oxygen atoms in total. The number of amides is 1. The predicted octanol–water partition coefficient (Wildman–Crippen LogP) is 1.86. The van der Waals surface area contributed by atoms with Crippen LogP contribution in [-0.2, 0) is 13.1 Å². The minimum Gasteiger partial charge on any atom is -0.337 e. The summed E-state index contributed by atoms with van der Waals surface area (Å²) >= 11 is 1.36. The van der Waals surface area contributed by atoms with E-state index in [1.54, 1.807) is 18.6 Å². The molecule has 0 saturated carbocycles. The summed E-state index contributed by atoms with van der Waals surface area (Å²) in [4.78, 5) is 31.4. The smallest absolute Gasteiger partial charge is 0.271 e. The van der Waals surface area contributed by atoms with Crippen LogP contribution in [-0.4, -0.2) is 37.0 Å². The SMILES string of the molecule is CCn1nc(C)c(CN(C)C(=O)c2cnc3sccn3c2=O)c1C. The molecule has 8 heteroatoms. The Morgan fingerprint density at radius 2 is 2.12 bits per heavy atom. The van der Waals surface area contributed by atoms with Gasteiger partial charge in [0.15, 0.2) is 4.96 Å². The van der Waals surface area contributed by atoms with Crippen molar-refractivity contribution in [2.75, 3.05) is 7.05 Å². The third kappa shape index (κ3) is 2.62. The van der Waals surface area contributed by atoms with E-state index in [0.29, 0.717) is 11.5 Å². The van der Waals surface area contributed by atoms with Crippen LogP contribution < -0.4 is 5.56 Å². The van der Waals surface area contributed by atoms with Gasteiger partial charge in [-0.2, -0.15) is 5.10 Å². The summed E-state index contributed by atoms with van der Waals surface area (Å²) in [5, 5.41) is 6.24. The van der Waals surface area contributed by atoms with Gasteiger partial charge in [0.25, 0.3) is 11.5 Å². The number of hydrogen-bond acceptors (Lipinski definition) is 5. The van der Waals surface area contributed by atoms with E-state index in [-0.39, 0.29) is 17.0 Å². The van der Waals surface area contributed by atoms with Crippen molar-refractivity contribution in [1.82, 2.24) is 24.1 Å². The van der Waals surface area contributed by atoms with Crippen LogP contribution in [0.3, 0.4) is 0 Å². The standard InChI is InChI=1S/C16H19N5O2S/c1-5-21-11(3)13(10(2)18-21)9-19(4)14(22)12-8-17-16-20(15(12)23)6-7-24-16/h6-8H,5,9H2,1-4H3. The molecule has 0 aliphatic rings. The van der Waals surface area contributed by atoms with Gasteiger partial charge in [0, 0.05) is 49.2 Å². The lowest BCUT2D eigenvalue weighted by atomic mass is 10.1. The van der Waals surface area contributed by atoms with Gasteiger partial charge in [-0.05, 0) is 20.8 Å². The summed E-state index contributed by atoms with van der Waals surface area (Å²) in [7, 11) is 1.69. The monoisotopic (exact) mass is 345 g/mol. The Morgan fingerprint density at radius 3 is 2.79 bits per heavy atom. The highest BCUT2D eigenvalue weighted by atomic mass is 32.1. The molecule has 0 fully saturated rings. The van der Waals surface area contributed by atoms with Crippen molar-refractivity contribution in [3.63, 3.8) is 0 Å². The van der Waals surface area contributed by atoms with Gasteiger partial charge in [-0.1, -0.05) is 0 Å². The van der Waals surface area contributed by atoms with Crippen LogP contribution in [0.2, 0.25) is 0 Å². The van der Waals surface area contributed by atoms with Gasteiger partial charge in [0.05, 0.1) is 5.69 Å². The van der Waals surface area contributed by atoms with Gasteiger partial charge in [0.1, 0.15) is 5.56 Å². The van der Waals surface area contributed by atoms with Crippen molar-refractivity contribution in [2.24, 2.45) is 0 Å². The molecule has 0 aliphatic heterocycles. The third-order valence-corrected chi connectivity index (χ3v) is 4.92. The van der Waals surface area contributed by atoms with Crippen LogP contribution >= 0.6 is 11.3 Å². The number of thiazole rings is 1. The zero-order valence-corrected chi connectivity index (χ0v) is 14.9.